The second kappa shape index (κ2) is 4.68. The minimum Gasteiger partial charge on any atom is -0.464 e. The van der Waals surface area contributed by atoms with Gasteiger partial charge in [0.05, 0.1) is 6.61 Å². The molecule has 18 heavy (non-hydrogen) atoms. The standard InChI is InChI=1S/C13H16N2O3/c1-4-17-12(16)13(2,3)15-9-5-6-10-11(7-9)18-8-14-10/h5-8,15H,4H2,1-3H3. The molecule has 0 saturated heterocycles. The average Bonchev–Trinajstić information content (AvgIpc) is 2.76. The lowest BCUT2D eigenvalue weighted by Crippen LogP contribution is -2.41. The van der Waals surface area contributed by atoms with Crippen LogP contribution in [0.15, 0.2) is 29.0 Å². The fourth-order valence-electron chi connectivity index (χ4n) is 1.66. The Morgan fingerprint density at radius 1 is 1.50 bits per heavy atom. The van der Waals surface area contributed by atoms with Crippen molar-refractivity contribution in [3.8, 4) is 0 Å². The van der Waals surface area contributed by atoms with E-state index < -0.39 is 5.54 Å². The van der Waals surface area contributed by atoms with Crippen molar-refractivity contribution >= 4 is 22.8 Å². The van der Waals surface area contributed by atoms with Gasteiger partial charge in [0.2, 0.25) is 0 Å². The Labute approximate surface area is 105 Å². The Morgan fingerprint density at radius 3 is 3.00 bits per heavy atom. The first-order valence-corrected chi connectivity index (χ1v) is 5.81. The molecular weight excluding hydrogens is 232 g/mol. The maximum Gasteiger partial charge on any atom is 0.331 e. The van der Waals surface area contributed by atoms with Crippen molar-refractivity contribution in [3.63, 3.8) is 0 Å². The first-order valence-electron chi connectivity index (χ1n) is 5.81. The van der Waals surface area contributed by atoms with E-state index in [1.807, 2.05) is 18.2 Å². The largest absolute Gasteiger partial charge is 0.464 e. The summed E-state index contributed by atoms with van der Waals surface area (Å²) in [5.74, 6) is -0.289. The fourth-order valence-corrected chi connectivity index (χ4v) is 1.66. The quantitative estimate of drug-likeness (QED) is 0.842. The molecule has 1 heterocycles. The number of carbonyl (C=O) groups excluding carboxylic acids is 1. The molecule has 0 atom stereocenters. The molecule has 1 aromatic carbocycles. The van der Waals surface area contributed by atoms with Crippen LogP contribution >= 0.6 is 0 Å². The molecule has 0 unspecified atom stereocenters. The molecule has 0 aliphatic heterocycles. The number of oxazole rings is 1. The van der Waals surface area contributed by atoms with E-state index in [1.165, 1.54) is 6.39 Å². The van der Waals surface area contributed by atoms with Gasteiger partial charge in [-0.2, -0.15) is 0 Å². The van der Waals surface area contributed by atoms with Gasteiger partial charge in [-0.1, -0.05) is 0 Å². The summed E-state index contributed by atoms with van der Waals surface area (Å²) in [7, 11) is 0. The van der Waals surface area contributed by atoms with Crippen LogP contribution in [0.25, 0.3) is 11.1 Å². The second-order valence-corrected chi connectivity index (χ2v) is 4.51. The number of nitrogens with one attached hydrogen (secondary N) is 1. The molecule has 96 valence electrons. The van der Waals surface area contributed by atoms with E-state index >= 15 is 0 Å². The number of aromatic nitrogens is 1. The van der Waals surface area contributed by atoms with E-state index in [0.29, 0.717) is 12.2 Å². The van der Waals surface area contributed by atoms with Gasteiger partial charge in [-0.15, -0.1) is 0 Å². The molecule has 0 amide bonds. The molecule has 0 saturated carbocycles. The van der Waals surface area contributed by atoms with Gasteiger partial charge in [0.15, 0.2) is 12.0 Å². The Morgan fingerprint density at radius 2 is 2.28 bits per heavy atom. The van der Waals surface area contributed by atoms with Crippen LogP contribution in [0.3, 0.4) is 0 Å². The molecule has 0 aliphatic carbocycles. The Hall–Kier alpha value is -2.04. The number of fused-ring (bicyclic) bond motifs is 1. The molecule has 5 heteroatoms. The highest BCUT2D eigenvalue weighted by atomic mass is 16.5. The monoisotopic (exact) mass is 248 g/mol. The Kier molecular flexibility index (Phi) is 3.23. The van der Waals surface area contributed by atoms with Gasteiger partial charge < -0.3 is 14.5 Å². The van der Waals surface area contributed by atoms with Crippen molar-refractivity contribution in [2.24, 2.45) is 0 Å². The summed E-state index contributed by atoms with van der Waals surface area (Å²) < 4.78 is 10.2. The highest BCUT2D eigenvalue weighted by molar-refractivity contribution is 5.85. The molecule has 0 fully saturated rings. The molecule has 0 bridgehead atoms. The molecule has 0 aliphatic rings. The first-order chi connectivity index (χ1) is 8.53. The van der Waals surface area contributed by atoms with Crippen LogP contribution in [0, 0.1) is 0 Å². The number of hydrogen-bond acceptors (Lipinski definition) is 5. The molecule has 1 aromatic heterocycles. The SMILES string of the molecule is CCOC(=O)C(C)(C)Nc1ccc2ncoc2c1. The summed E-state index contributed by atoms with van der Waals surface area (Å²) in [5.41, 5.74) is 1.47. The number of ether oxygens (including phenoxy) is 1. The first kappa shape index (κ1) is 12.4. The Balaban J connectivity index is 2.19. The van der Waals surface area contributed by atoms with Crippen molar-refractivity contribution in [3.05, 3.63) is 24.6 Å². The van der Waals surface area contributed by atoms with Gasteiger partial charge in [-0.25, -0.2) is 9.78 Å². The maximum atomic E-state index is 11.8. The molecule has 0 radical (unpaired) electrons. The van der Waals surface area contributed by atoms with Gasteiger partial charge in [0, 0.05) is 11.8 Å². The number of benzene rings is 1. The van der Waals surface area contributed by atoms with E-state index in [2.05, 4.69) is 10.3 Å². The zero-order chi connectivity index (χ0) is 13.2. The third-order valence-electron chi connectivity index (χ3n) is 2.57. The van der Waals surface area contributed by atoms with Gasteiger partial charge >= 0.3 is 5.97 Å². The summed E-state index contributed by atoms with van der Waals surface area (Å²) in [5, 5.41) is 3.12. The van der Waals surface area contributed by atoms with E-state index in [1.54, 1.807) is 20.8 Å². The van der Waals surface area contributed by atoms with Crippen molar-refractivity contribution in [2.75, 3.05) is 11.9 Å². The van der Waals surface area contributed by atoms with Crippen molar-refractivity contribution < 1.29 is 13.9 Å². The Bertz CT molecular complexity index is 560. The lowest BCUT2D eigenvalue weighted by Gasteiger charge is -2.24. The molecule has 0 spiro atoms. The molecular formula is C13H16N2O3. The van der Waals surface area contributed by atoms with Crippen molar-refractivity contribution in [1.82, 2.24) is 4.98 Å². The maximum absolute atomic E-state index is 11.8. The highest BCUT2D eigenvalue weighted by Gasteiger charge is 2.28. The smallest absolute Gasteiger partial charge is 0.331 e. The second-order valence-electron chi connectivity index (χ2n) is 4.51. The third kappa shape index (κ3) is 2.45. The predicted octanol–water partition coefficient (Wildman–Crippen LogP) is 2.58. The van der Waals surface area contributed by atoms with Crippen LogP contribution < -0.4 is 5.32 Å². The van der Waals surface area contributed by atoms with Gasteiger partial charge in [-0.3, -0.25) is 0 Å². The minimum absolute atomic E-state index is 0.289. The molecule has 2 rings (SSSR count). The molecule has 5 nitrogen and oxygen atoms in total. The number of rotatable bonds is 4. The van der Waals surface area contributed by atoms with Crippen LogP contribution in [0.4, 0.5) is 5.69 Å². The summed E-state index contributed by atoms with van der Waals surface area (Å²) >= 11 is 0. The number of anilines is 1. The fraction of sp³-hybridized carbons (Fsp3) is 0.385. The number of carbonyl (C=O) groups is 1. The zero-order valence-electron chi connectivity index (χ0n) is 10.7. The van der Waals surface area contributed by atoms with Gasteiger partial charge in [0.25, 0.3) is 0 Å². The number of nitrogens with zero attached hydrogens (tertiary/aromatic N) is 1. The summed E-state index contributed by atoms with van der Waals surface area (Å²) in [6, 6.07) is 5.50. The topological polar surface area (TPSA) is 64.4 Å². The third-order valence-corrected chi connectivity index (χ3v) is 2.57. The number of hydrogen-bond donors (Lipinski definition) is 1. The predicted molar refractivity (Wildman–Crippen MR) is 68.3 cm³/mol. The summed E-state index contributed by atoms with van der Waals surface area (Å²) in [4.78, 5) is 15.8. The summed E-state index contributed by atoms with van der Waals surface area (Å²) in [6.07, 6.45) is 1.39. The van der Waals surface area contributed by atoms with E-state index in [0.717, 1.165) is 11.2 Å². The minimum atomic E-state index is -0.788. The van der Waals surface area contributed by atoms with E-state index in [9.17, 15) is 4.79 Å². The van der Waals surface area contributed by atoms with E-state index in [4.69, 9.17) is 9.15 Å². The van der Waals surface area contributed by atoms with Crippen LogP contribution in [-0.4, -0.2) is 23.1 Å². The lowest BCUT2D eigenvalue weighted by atomic mass is 10.1. The molecule has 1 N–H and O–H groups in total. The van der Waals surface area contributed by atoms with Crippen LogP contribution in [-0.2, 0) is 9.53 Å². The van der Waals surface area contributed by atoms with E-state index in [-0.39, 0.29) is 5.97 Å². The average molecular weight is 248 g/mol. The van der Waals surface area contributed by atoms with Gasteiger partial charge in [0.1, 0.15) is 11.1 Å². The summed E-state index contributed by atoms with van der Waals surface area (Å²) in [6.45, 7) is 5.70. The van der Waals surface area contributed by atoms with Crippen LogP contribution in [0.5, 0.6) is 0 Å². The number of esters is 1. The van der Waals surface area contributed by atoms with Crippen molar-refractivity contribution in [2.45, 2.75) is 26.3 Å². The van der Waals surface area contributed by atoms with Crippen LogP contribution in [0.2, 0.25) is 0 Å². The van der Waals surface area contributed by atoms with Crippen molar-refractivity contribution in [1.29, 1.82) is 0 Å². The highest BCUT2D eigenvalue weighted by Crippen LogP contribution is 2.21. The van der Waals surface area contributed by atoms with Gasteiger partial charge in [-0.05, 0) is 32.9 Å². The zero-order valence-corrected chi connectivity index (χ0v) is 10.7. The normalized spacial score (nSPS) is 11.5. The van der Waals surface area contributed by atoms with Crippen LogP contribution in [0.1, 0.15) is 20.8 Å². The lowest BCUT2D eigenvalue weighted by molar-refractivity contribution is -0.147. The molecule has 2 aromatic rings.